The van der Waals surface area contributed by atoms with Gasteiger partial charge in [0.25, 0.3) is 0 Å². The van der Waals surface area contributed by atoms with Gasteiger partial charge in [0.15, 0.2) is 0 Å². The number of carbonyl (C=O) groups is 1. The summed E-state index contributed by atoms with van der Waals surface area (Å²) >= 11 is 3.25. The fourth-order valence-electron chi connectivity index (χ4n) is 1.26. The highest BCUT2D eigenvalue weighted by Gasteiger charge is 2.04. The van der Waals surface area contributed by atoms with Crippen molar-refractivity contribution in [3.8, 4) is 0 Å². The standard InChI is InChI=1S/C10H11N3OS2/c1-7(14)11-3-5-16-10-8-2-4-15-9(8)12-6-13-10/h2,4,6H,3,5H2,1H3,(H,11,14). The molecule has 0 unspecified atom stereocenters. The summed E-state index contributed by atoms with van der Waals surface area (Å²) in [5, 5.41) is 6.85. The van der Waals surface area contributed by atoms with Crippen molar-refractivity contribution in [3.05, 3.63) is 17.8 Å². The molecule has 2 aromatic heterocycles. The predicted octanol–water partition coefficient (Wildman–Crippen LogP) is 1.92. The van der Waals surface area contributed by atoms with Gasteiger partial charge in [0.1, 0.15) is 16.2 Å². The molecule has 1 N–H and O–H groups in total. The Bertz CT molecular complexity index is 498. The zero-order valence-electron chi connectivity index (χ0n) is 8.77. The molecule has 2 aromatic rings. The second kappa shape index (κ2) is 5.27. The molecule has 1 amide bonds. The summed E-state index contributed by atoms with van der Waals surface area (Å²) in [6, 6.07) is 2.03. The van der Waals surface area contributed by atoms with Crippen LogP contribution in [0.3, 0.4) is 0 Å². The molecule has 4 nitrogen and oxygen atoms in total. The minimum atomic E-state index is 0.00367. The average Bonchev–Trinajstić information content (AvgIpc) is 2.72. The number of hydrogen-bond donors (Lipinski definition) is 1. The molecule has 84 valence electrons. The van der Waals surface area contributed by atoms with E-state index in [9.17, 15) is 4.79 Å². The van der Waals surface area contributed by atoms with Gasteiger partial charge >= 0.3 is 0 Å². The van der Waals surface area contributed by atoms with Gasteiger partial charge in [-0.2, -0.15) is 0 Å². The first-order valence-electron chi connectivity index (χ1n) is 4.83. The Kier molecular flexibility index (Phi) is 3.74. The highest BCUT2D eigenvalue weighted by Crippen LogP contribution is 2.27. The summed E-state index contributed by atoms with van der Waals surface area (Å²) in [7, 11) is 0. The number of thioether (sulfide) groups is 1. The van der Waals surface area contributed by atoms with Crippen LogP contribution in [0.4, 0.5) is 0 Å². The lowest BCUT2D eigenvalue weighted by Gasteiger charge is -2.02. The molecule has 0 fully saturated rings. The summed E-state index contributed by atoms with van der Waals surface area (Å²) in [6.45, 7) is 2.18. The third kappa shape index (κ3) is 2.70. The monoisotopic (exact) mass is 253 g/mol. The van der Waals surface area contributed by atoms with E-state index in [2.05, 4.69) is 15.3 Å². The number of hydrogen-bond acceptors (Lipinski definition) is 5. The van der Waals surface area contributed by atoms with Crippen molar-refractivity contribution in [2.24, 2.45) is 0 Å². The van der Waals surface area contributed by atoms with E-state index < -0.39 is 0 Å². The Morgan fingerprint density at radius 2 is 2.44 bits per heavy atom. The first-order chi connectivity index (χ1) is 7.77. The van der Waals surface area contributed by atoms with E-state index in [1.54, 1.807) is 29.4 Å². The van der Waals surface area contributed by atoms with Crippen molar-refractivity contribution in [2.75, 3.05) is 12.3 Å². The van der Waals surface area contributed by atoms with E-state index in [0.29, 0.717) is 6.54 Å². The number of rotatable bonds is 4. The molecule has 0 radical (unpaired) electrons. The maximum absolute atomic E-state index is 10.7. The Morgan fingerprint density at radius 3 is 3.25 bits per heavy atom. The number of aromatic nitrogens is 2. The molecule has 0 saturated heterocycles. The fourth-order valence-corrected chi connectivity index (χ4v) is 2.89. The van der Waals surface area contributed by atoms with Crippen LogP contribution in [-0.2, 0) is 4.79 Å². The van der Waals surface area contributed by atoms with E-state index in [4.69, 9.17) is 0 Å². The van der Waals surface area contributed by atoms with Gasteiger partial charge < -0.3 is 5.32 Å². The molecule has 0 aromatic carbocycles. The van der Waals surface area contributed by atoms with Crippen LogP contribution in [0, 0.1) is 0 Å². The van der Waals surface area contributed by atoms with Crippen molar-refractivity contribution < 1.29 is 4.79 Å². The summed E-state index contributed by atoms with van der Waals surface area (Å²) in [5.74, 6) is 0.825. The van der Waals surface area contributed by atoms with Gasteiger partial charge in [-0.15, -0.1) is 23.1 Å². The topological polar surface area (TPSA) is 54.9 Å². The average molecular weight is 253 g/mol. The third-order valence-corrected chi connectivity index (χ3v) is 3.77. The zero-order valence-corrected chi connectivity index (χ0v) is 10.4. The molecule has 0 spiro atoms. The van der Waals surface area contributed by atoms with Crippen LogP contribution in [0.15, 0.2) is 22.8 Å². The van der Waals surface area contributed by atoms with Gasteiger partial charge in [0.2, 0.25) is 5.91 Å². The van der Waals surface area contributed by atoms with Crippen LogP contribution >= 0.6 is 23.1 Å². The van der Waals surface area contributed by atoms with Crippen LogP contribution < -0.4 is 5.32 Å². The largest absolute Gasteiger partial charge is 0.356 e. The summed E-state index contributed by atoms with van der Waals surface area (Å²) in [6.07, 6.45) is 1.58. The number of nitrogens with zero attached hydrogens (tertiary/aromatic N) is 2. The van der Waals surface area contributed by atoms with Crippen LogP contribution in [-0.4, -0.2) is 28.2 Å². The number of carbonyl (C=O) groups excluding carboxylic acids is 1. The van der Waals surface area contributed by atoms with Gasteiger partial charge in [-0.25, -0.2) is 9.97 Å². The predicted molar refractivity (Wildman–Crippen MR) is 66.8 cm³/mol. The smallest absolute Gasteiger partial charge is 0.216 e. The van der Waals surface area contributed by atoms with Crippen molar-refractivity contribution in [2.45, 2.75) is 11.9 Å². The molecule has 0 aliphatic carbocycles. The molecule has 0 bridgehead atoms. The number of nitrogens with one attached hydrogen (secondary N) is 1. The van der Waals surface area contributed by atoms with Crippen LogP contribution in [0.25, 0.3) is 10.2 Å². The first kappa shape index (κ1) is 11.3. The first-order valence-corrected chi connectivity index (χ1v) is 6.69. The van der Waals surface area contributed by atoms with Gasteiger partial charge in [-0.1, -0.05) is 0 Å². The molecule has 0 aliphatic rings. The normalized spacial score (nSPS) is 10.6. The summed E-state index contributed by atoms with van der Waals surface area (Å²) < 4.78 is 0. The molecule has 0 saturated carbocycles. The maximum atomic E-state index is 10.7. The Hall–Kier alpha value is -1.14. The maximum Gasteiger partial charge on any atom is 0.216 e. The molecule has 2 heterocycles. The van der Waals surface area contributed by atoms with E-state index in [1.165, 1.54) is 6.92 Å². The van der Waals surface area contributed by atoms with Crippen molar-refractivity contribution in [1.29, 1.82) is 0 Å². The van der Waals surface area contributed by atoms with Crippen molar-refractivity contribution >= 4 is 39.2 Å². The Balaban J connectivity index is 1.98. The minimum absolute atomic E-state index is 0.00367. The van der Waals surface area contributed by atoms with Gasteiger partial charge in [-0.3, -0.25) is 4.79 Å². The van der Waals surface area contributed by atoms with Gasteiger partial charge in [-0.05, 0) is 11.4 Å². The van der Waals surface area contributed by atoms with E-state index in [1.807, 2.05) is 11.4 Å². The van der Waals surface area contributed by atoms with Crippen molar-refractivity contribution in [3.63, 3.8) is 0 Å². The Labute approximate surface area is 101 Å². The molecule has 2 rings (SSSR count). The second-order valence-corrected chi connectivity index (χ2v) is 5.13. The van der Waals surface area contributed by atoms with Crippen LogP contribution in [0.2, 0.25) is 0 Å². The highest BCUT2D eigenvalue weighted by molar-refractivity contribution is 7.99. The number of fused-ring (bicyclic) bond motifs is 1. The molecule has 0 atom stereocenters. The Morgan fingerprint density at radius 1 is 1.56 bits per heavy atom. The summed E-state index contributed by atoms with van der Waals surface area (Å²) in [4.78, 5) is 20.1. The van der Waals surface area contributed by atoms with E-state index >= 15 is 0 Å². The summed E-state index contributed by atoms with van der Waals surface area (Å²) in [5.41, 5.74) is 0. The van der Waals surface area contributed by atoms with E-state index in [-0.39, 0.29) is 5.91 Å². The van der Waals surface area contributed by atoms with Crippen LogP contribution in [0.5, 0.6) is 0 Å². The molecule has 6 heteroatoms. The number of thiophene rings is 1. The van der Waals surface area contributed by atoms with Crippen molar-refractivity contribution in [1.82, 2.24) is 15.3 Å². The van der Waals surface area contributed by atoms with E-state index in [0.717, 1.165) is 21.0 Å². The SMILES string of the molecule is CC(=O)NCCSc1ncnc2sccc12. The molecule has 0 aliphatic heterocycles. The lowest BCUT2D eigenvalue weighted by molar-refractivity contribution is -0.118. The number of amides is 1. The molecular weight excluding hydrogens is 242 g/mol. The third-order valence-electron chi connectivity index (χ3n) is 1.94. The van der Waals surface area contributed by atoms with Gasteiger partial charge in [0.05, 0.1) is 0 Å². The molecular formula is C10H11N3OS2. The quantitative estimate of drug-likeness (QED) is 0.514. The fraction of sp³-hybridized carbons (Fsp3) is 0.300. The zero-order chi connectivity index (χ0) is 11.4. The highest BCUT2D eigenvalue weighted by atomic mass is 32.2. The second-order valence-electron chi connectivity index (χ2n) is 3.15. The lowest BCUT2D eigenvalue weighted by atomic mass is 10.4. The van der Waals surface area contributed by atoms with Crippen LogP contribution in [0.1, 0.15) is 6.92 Å². The molecule has 16 heavy (non-hydrogen) atoms. The minimum Gasteiger partial charge on any atom is -0.356 e. The lowest BCUT2D eigenvalue weighted by Crippen LogP contribution is -2.22. The van der Waals surface area contributed by atoms with Gasteiger partial charge in [0, 0.05) is 24.6 Å².